The smallest absolute Gasteiger partial charge is 0.271 e. The van der Waals surface area contributed by atoms with Crippen LogP contribution in [0.2, 0.25) is 0 Å². The monoisotopic (exact) mass is 357 g/mol. The summed E-state index contributed by atoms with van der Waals surface area (Å²) in [6.45, 7) is 1.59. The summed E-state index contributed by atoms with van der Waals surface area (Å²) in [6.07, 6.45) is 12.8. The molecule has 0 bridgehead atoms. The Morgan fingerprint density at radius 1 is 1.23 bits per heavy atom. The minimum absolute atomic E-state index is 0.0155. The first-order valence-electron chi connectivity index (χ1n) is 9.68. The minimum atomic E-state index is -0.117. The first-order valence-corrected chi connectivity index (χ1v) is 9.68. The number of allylic oxidation sites excluding steroid dienone is 2. The molecule has 7 nitrogen and oxygen atoms in total. The molecule has 2 heterocycles. The zero-order valence-corrected chi connectivity index (χ0v) is 15.4. The van der Waals surface area contributed by atoms with Gasteiger partial charge in [-0.2, -0.15) is 0 Å². The third kappa shape index (κ3) is 3.04. The van der Waals surface area contributed by atoms with Crippen LogP contribution in [-0.4, -0.2) is 50.8 Å². The molecule has 2 atom stereocenters. The summed E-state index contributed by atoms with van der Waals surface area (Å²) in [7, 11) is 1.73. The van der Waals surface area contributed by atoms with E-state index >= 15 is 0 Å². The van der Waals surface area contributed by atoms with Crippen molar-refractivity contribution in [3.63, 3.8) is 0 Å². The molecule has 1 N–H and O–H groups in total. The largest absolute Gasteiger partial charge is 0.347 e. The molecule has 26 heavy (non-hydrogen) atoms. The Labute approximate surface area is 153 Å². The summed E-state index contributed by atoms with van der Waals surface area (Å²) in [5.74, 6) is 0.300. The van der Waals surface area contributed by atoms with E-state index in [1.54, 1.807) is 7.05 Å². The molecule has 0 aromatic carbocycles. The van der Waals surface area contributed by atoms with Gasteiger partial charge in [-0.15, -0.1) is 5.10 Å². The molecule has 1 saturated carbocycles. The fraction of sp³-hybridized carbons (Fsp3) is 0.684. The van der Waals surface area contributed by atoms with Crippen molar-refractivity contribution in [1.29, 1.82) is 0 Å². The number of hydrogen-bond acceptors (Lipinski definition) is 4. The number of nitrogens with one attached hydrogen (secondary N) is 1. The maximum Gasteiger partial charge on any atom is 0.271 e. The van der Waals surface area contributed by atoms with Crippen molar-refractivity contribution in [2.45, 2.75) is 51.0 Å². The van der Waals surface area contributed by atoms with Crippen LogP contribution in [0.1, 0.15) is 55.4 Å². The molecule has 2 amide bonds. The van der Waals surface area contributed by atoms with Gasteiger partial charge < -0.3 is 10.2 Å². The number of hydrogen-bond donors (Lipinski definition) is 1. The van der Waals surface area contributed by atoms with Crippen LogP contribution in [0.3, 0.4) is 0 Å². The van der Waals surface area contributed by atoms with Gasteiger partial charge in [-0.1, -0.05) is 30.2 Å². The number of aryl methyl sites for hydroxylation is 1. The van der Waals surface area contributed by atoms with Crippen molar-refractivity contribution >= 4 is 11.8 Å². The predicted molar refractivity (Wildman–Crippen MR) is 96.2 cm³/mol. The number of rotatable bonds is 3. The minimum Gasteiger partial charge on any atom is -0.347 e. The molecule has 2 unspecified atom stereocenters. The highest BCUT2D eigenvalue weighted by atomic mass is 16.2. The summed E-state index contributed by atoms with van der Waals surface area (Å²) in [5, 5.41) is 10.9. The standard InChI is InChI=1S/C19H27N5O2/c1-23-15(12-20-22-23)17(25)21-16-8-4-5-9-19(16)10-11-24(13-19)18(26)14-6-2-3-7-14/h2-3,12,14,16H,4-11,13H2,1H3,(H,21,25). The Hall–Kier alpha value is -2.18. The quantitative estimate of drug-likeness (QED) is 0.835. The van der Waals surface area contributed by atoms with Crippen LogP contribution in [0.25, 0.3) is 0 Å². The second-order valence-corrected chi connectivity index (χ2v) is 8.03. The zero-order valence-electron chi connectivity index (χ0n) is 15.4. The Bertz CT molecular complexity index is 719. The Morgan fingerprint density at radius 3 is 2.77 bits per heavy atom. The predicted octanol–water partition coefficient (Wildman–Crippen LogP) is 1.67. The zero-order chi connectivity index (χ0) is 18.1. The second-order valence-electron chi connectivity index (χ2n) is 8.03. The van der Waals surface area contributed by atoms with Crippen molar-refractivity contribution in [3.05, 3.63) is 24.0 Å². The molecule has 4 rings (SSSR count). The van der Waals surface area contributed by atoms with Gasteiger partial charge in [0.15, 0.2) is 0 Å². The molecular formula is C19H27N5O2. The average molecular weight is 357 g/mol. The van der Waals surface area contributed by atoms with Crippen LogP contribution in [0, 0.1) is 11.3 Å². The molecule has 7 heteroatoms. The average Bonchev–Trinajstić information content (AvgIpc) is 3.38. The van der Waals surface area contributed by atoms with Gasteiger partial charge in [0.25, 0.3) is 5.91 Å². The topological polar surface area (TPSA) is 80.1 Å². The molecule has 3 aliphatic rings. The van der Waals surface area contributed by atoms with Gasteiger partial charge in [0.2, 0.25) is 5.91 Å². The summed E-state index contributed by atoms with van der Waals surface area (Å²) in [5.41, 5.74) is 0.496. The lowest BCUT2D eigenvalue weighted by molar-refractivity contribution is -0.134. The molecule has 1 spiro atoms. The maximum atomic E-state index is 12.8. The van der Waals surface area contributed by atoms with E-state index in [-0.39, 0.29) is 23.3 Å². The van der Waals surface area contributed by atoms with Gasteiger partial charge in [0.05, 0.1) is 6.20 Å². The van der Waals surface area contributed by atoms with Crippen molar-refractivity contribution in [2.75, 3.05) is 13.1 Å². The molecular weight excluding hydrogens is 330 g/mol. The molecule has 1 aromatic heterocycles. The van der Waals surface area contributed by atoms with E-state index in [2.05, 4.69) is 27.8 Å². The van der Waals surface area contributed by atoms with Crippen LogP contribution < -0.4 is 5.32 Å². The van der Waals surface area contributed by atoms with Gasteiger partial charge in [-0.3, -0.25) is 9.59 Å². The van der Waals surface area contributed by atoms with Crippen molar-refractivity contribution in [1.82, 2.24) is 25.2 Å². The van der Waals surface area contributed by atoms with E-state index in [9.17, 15) is 9.59 Å². The fourth-order valence-electron chi connectivity index (χ4n) is 4.91. The lowest BCUT2D eigenvalue weighted by Crippen LogP contribution is -2.51. The Kier molecular flexibility index (Phi) is 4.54. The first kappa shape index (κ1) is 17.2. The van der Waals surface area contributed by atoms with Crippen molar-refractivity contribution < 1.29 is 9.59 Å². The van der Waals surface area contributed by atoms with E-state index in [4.69, 9.17) is 0 Å². The van der Waals surface area contributed by atoms with Crippen LogP contribution in [0.15, 0.2) is 18.3 Å². The molecule has 0 radical (unpaired) electrons. The highest BCUT2D eigenvalue weighted by Crippen LogP contribution is 2.44. The van der Waals surface area contributed by atoms with Gasteiger partial charge in [0.1, 0.15) is 5.69 Å². The molecule has 140 valence electrons. The Morgan fingerprint density at radius 2 is 2.04 bits per heavy atom. The molecule has 1 saturated heterocycles. The van der Waals surface area contributed by atoms with Gasteiger partial charge in [0, 0.05) is 37.5 Å². The number of aromatic nitrogens is 3. The van der Waals surface area contributed by atoms with E-state index < -0.39 is 0 Å². The van der Waals surface area contributed by atoms with E-state index in [0.29, 0.717) is 11.6 Å². The molecule has 1 aliphatic heterocycles. The Balaban J connectivity index is 1.46. The number of carbonyl (C=O) groups is 2. The number of amides is 2. The van der Waals surface area contributed by atoms with Gasteiger partial charge >= 0.3 is 0 Å². The van der Waals surface area contributed by atoms with Crippen LogP contribution >= 0.6 is 0 Å². The maximum absolute atomic E-state index is 12.8. The van der Waals surface area contributed by atoms with Gasteiger partial charge in [-0.05, 0) is 32.1 Å². The SMILES string of the molecule is Cn1nncc1C(=O)NC1CCCCC12CCN(C(=O)C1CC=CC1)C2. The molecule has 1 aromatic rings. The van der Waals surface area contributed by atoms with E-state index in [1.807, 2.05) is 4.90 Å². The third-order valence-electron chi connectivity index (χ3n) is 6.46. The van der Waals surface area contributed by atoms with Crippen LogP contribution in [0.5, 0.6) is 0 Å². The first-order chi connectivity index (χ1) is 12.6. The highest BCUT2D eigenvalue weighted by molar-refractivity contribution is 5.92. The summed E-state index contributed by atoms with van der Waals surface area (Å²) < 4.78 is 1.50. The number of carbonyl (C=O) groups excluding carboxylic acids is 2. The molecule has 2 aliphatic carbocycles. The van der Waals surface area contributed by atoms with Crippen LogP contribution in [-0.2, 0) is 11.8 Å². The normalized spacial score (nSPS) is 28.8. The lowest BCUT2D eigenvalue weighted by atomic mass is 9.69. The summed E-state index contributed by atoms with van der Waals surface area (Å²) >= 11 is 0. The van der Waals surface area contributed by atoms with Crippen molar-refractivity contribution in [2.24, 2.45) is 18.4 Å². The number of nitrogens with zero attached hydrogens (tertiary/aromatic N) is 4. The van der Waals surface area contributed by atoms with E-state index in [1.165, 1.54) is 17.3 Å². The third-order valence-corrected chi connectivity index (χ3v) is 6.46. The van der Waals surface area contributed by atoms with E-state index in [0.717, 1.165) is 51.6 Å². The van der Waals surface area contributed by atoms with Crippen molar-refractivity contribution in [3.8, 4) is 0 Å². The van der Waals surface area contributed by atoms with Gasteiger partial charge in [-0.25, -0.2) is 4.68 Å². The fourth-order valence-corrected chi connectivity index (χ4v) is 4.91. The molecule has 2 fully saturated rings. The summed E-state index contributed by atoms with van der Waals surface area (Å²) in [6, 6.07) is 0.109. The number of likely N-dealkylation sites (tertiary alicyclic amines) is 1. The van der Waals surface area contributed by atoms with Crippen LogP contribution in [0.4, 0.5) is 0 Å². The second kappa shape index (κ2) is 6.85. The summed E-state index contributed by atoms with van der Waals surface area (Å²) in [4.78, 5) is 27.5. The lowest BCUT2D eigenvalue weighted by Gasteiger charge is -2.41. The highest BCUT2D eigenvalue weighted by Gasteiger charge is 2.48.